The Morgan fingerprint density at radius 3 is 2.22 bits per heavy atom. The van der Waals surface area contributed by atoms with Gasteiger partial charge in [0.1, 0.15) is 6.10 Å². The minimum atomic E-state index is -0.646. The van der Waals surface area contributed by atoms with Gasteiger partial charge in [-0.25, -0.2) is 0 Å². The van der Waals surface area contributed by atoms with E-state index in [1.807, 2.05) is 48.5 Å². The fraction of sp³-hybridized carbons (Fsp3) is 0.200. The second-order valence-corrected chi connectivity index (χ2v) is 5.58. The molecule has 0 amide bonds. The third-order valence-corrected chi connectivity index (χ3v) is 3.98. The molecule has 23 heavy (non-hydrogen) atoms. The molecule has 0 saturated heterocycles. The van der Waals surface area contributed by atoms with Crippen LogP contribution in [0.4, 0.5) is 0 Å². The molecule has 2 aromatic carbocycles. The summed E-state index contributed by atoms with van der Waals surface area (Å²) >= 11 is 0. The number of aliphatic hydroxyl groups excluding tert-OH is 1. The zero-order chi connectivity index (χ0) is 15.9. The van der Waals surface area contributed by atoms with Gasteiger partial charge in [0.25, 0.3) is 0 Å². The first-order valence-electron chi connectivity index (χ1n) is 7.87. The molecule has 3 heteroatoms. The highest BCUT2D eigenvalue weighted by atomic mass is 16.3. The van der Waals surface area contributed by atoms with Gasteiger partial charge in [0.05, 0.1) is 18.6 Å². The van der Waals surface area contributed by atoms with Crippen LogP contribution in [0.2, 0.25) is 0 Å². The van der Waals surface area contributed by atoms with Gasteiger partial charge >= 0.3 is 0 Å². The van der Waals surface area contributed by atoms with Gasteiger partial charge in [-0.3, -0.25) is 0 Å². The lowest BCUT2D eigenvalue weighted by Crippen LogP contribution is -2.28. The number of furan rings is 1. The predicted molar refractivity (Wildman–Crippen MR) is 91.0 cm³/mol. The fourth-order valence-corrected chi connectivity index (χ4v) is 2.72. The maximum absolute atomic E-state index is 10.7. The van der Waals surface area contributed by atoms with Crippen LogP contribution in [0.1, 0.15) is 28.8 Å². The van der Waals surface area contributed by atoms with Gasteiger partial charge < -0.3 is 14.8 Å². The summed E-state index contributed by atoms with van der Waals surface area (Å²) in [6, 6.07) is 22.0. The molecule has 1 heterocycles. The average Bonchev–Trinajstić information content (AvgIpc) is 3.15. The molecule has 0 radical (unpaired) electrons. The van der Waals surface area contributed by atoms with Crippen LogP contribution in [0, 0.1) is 0 Å². The molecule has 2 N–H and O–H groups in total. The number of nitrogens with one attached hydrogen (secondary N) is 1. The number of rotatable bonds is 7. The molecule has 0 fully saturated rings. The van der Waals surface area contributed by atoms with Crippen LogP contribution in [0.25, 0.3) is 0 Å². The Morgan fingerprint density at radius 1 is 0.870 bits per heavy atom. The van der Waals surface area contributed by atoms with Gasteiger partial charge in [0, 0.05) is 5.56 Å². The summed E-state index contributed by atoms with van der Waals surface area (Å²) in [5.41, 5.74) is 3.13. The van der Waals surface area contributed by atoms with Crippen molar-refractivity contribution in [2.45, 2.75) is 18.6 Å². The molecule has 0 aliphatic heterocycles. The minimum Gasteiger partial charge on any atom is -0.472 e. The summed E-state index contributed by atoms with van der Waals surface area (Å²) in [5, 5.41) is 14.2. The van der Waals surface area contributed by atoms with Gasteiger partial charge in [-0.1, -0.05) is 60.7 Å². The molecule has 118 valence electrons. The second kappa shape index (κ2) is 7.77. The first-order valence-corrected chi connectivity index (χ1v) is 7.87. The van der Waals surface area contributed by atoms with Crippen molar-refractivity contribution in [1.29, 1.82) is 0 Å². The smallest absolute Gasteiger partial charge is 0.102 e. The van der Waals surface area contributed by atoms with Gasteiger partial charge in [-0.05, 0) is 30.2 Å². The summed E-state index contributed by atoms with van der Waals surface area (Å²) in [6.07, 6.45) is 3.46. The van der Waals surface area contributed by atoms with Gasteiger partial charge in [-0.15, -0.1) is 0 Å². The van der Waals surface area contributed by atoms with Crippen LogP contribution in [-0.2, 0) is 6.42 Å². The summed E-state index contributed by atoms with van der Waals surface area (Å²) in [4.78, 5) is 0. The lowest BCUT2D eigenvalue weighted by Gasteiger charge is -2.24. The van der Waals surface area contributed by atoms with E-state index in [1.54, 1.807) is 18.6 Å². The van der Waals surface area contributed by atoms with Crippen molar-refractivity contribution < 1.29 is 9.52 Å². The Bertz CT molecular complexity index is 680. The van der Waals surface area contributed by atoms with Gasteiger partial charge in [0.2, 0.25) is 0 Å². The monoisotopic (exact) mass is 307 g/mol. The van der Waals surface area contributed by atoms with Crippen LogP contribution in [0.3, 0.4) is 0 Å². The number of benzene rings is 2. The molecule has 0 aliphatic rings. The lowest BCUT2D eigenvalue weighted by atomic mass is 9.97. The molecule has 1 aromatic heterocycles. The third kappa shape index (κ3) is 4.09. The third-order valence-electron chi connectivity index (χ3n) is 3.98. The van der Waals surface area contributed by atoms with Gasteiger partial charge in [0.15, 0.2) is 0 Å². The molecule has 3 aromatic rings. The molecule has 0 aliphatic carbocycles. The van der Waals surface area contributed by atoms with Crippen molar-refractivity contribution in [3.05, 3.63) is 95.9 Å². The Kier molecular flexibility index (Phi) is 5.25. The molecular formula is C20H21NO2. The molecular weight excluding hydrogens is 286 g/mol. The van der Waals surface area contributed by atoms with Crippen LogP contribution >= 0.6 is 0 Å². The Morgan fingerprint density at radius 2 is 1.57 bits per heavy atom. The summed E-state index contributed by atoms with van der Waals surface area (Å²) < 4.78 is 5.11. The number of hydrogen-bond donors (Lipinski definition) is 2. The SMILES string of the molecule is OC(c1ccoc1)C(NCCc1ccccc1)c1ccccc1. The number of hydrogen-bond acceptors (Lipinski definition) is 3. The van der Waals surface area contributed by atoms with Crippen molar-refractivity contribution >= 4 is 0 Å². The van der Waals surface area contributed by atoms with Crippen molar-refractivity contribution in [3.63, 3.8) is 0 Å². The molecule has 3 rings (SSSR count). The van der Waals surface area contributed by atoms with E-state index in [2.05, 4.69) is 17.4 Å². The van der Waals surface area contributed by atoms with Crippen LogP contribution in [0.15, 0.2) is 83.7 Å². The van der Waals surface area contributed by atoms with Crippen molar-refractivity contribution in [3.8, 4) is 0 Å². The second-order valence-electron chi connectivity index (χ2n) is 5.58. The molecule has 2 atom stereocenters. The first-order chi connectivity index (χ1) is 11.3. The lowest BCUT2D eigenvalue weighted by molar-refractivity contribution is 0.128. The molecule has 0 spiro atoms. The number of aliphatic hydroxyl groups is 1. The van der Waals surface area contributed by atoms with E-state index >= 15 is 0 Å². The normalized spacial score (nSPS) is 13.6. The minimum absolute atomic E-state index is 0.169. The van der Waals surface area contributed by atoms with E-state index in [0.29, 0.717) is 0 Å². The summed E-state index contributed by atoms with van der Waals surface area (Å²) in [6.45, 7) is 0.790. The molecule has 2 unspecified atom stereocenters. The van der Waals surface area contributed by atoms with E-state index < -0.39 is 6.10 Å². The first kappa shape index (κ1) is 15.5. The highest BCUT2D eigenvalue weighted by Gasteiger charge is 2.22. The summed E-state index contributed by atoms with van der Waals surface area (Å²) in [5.74, 6) is 0. The Hall–Kier alpha value is -2.36. The van der Waals surface area contributed by atoms with Crippen molar-refractivity contribution in [2.75, 3.05) is 6.54 Å². The van der Waals surface area contributed by atoms with E-state index in [9.17, 15) is 5.11 Å². The molecule has 0 bridgehead atoms. The maximum Gasteiger partial charge on any atom is 0.102 e. The average molecular weight is 307 g/mol. The largest absolute Gasteiger partial charge is 0.472 e. The zero-order valence-corrected chi connectivity index (χ0v) is 12.9. The topological polar surface area (TPSA) is 45.4 Å². The molecule has 0 saturated carbocycles. The van der Waals surface area contributed by atoms with E-state index in [0.717, 1.165) is 24.1 Å². The van der Waals surface area contributed by atoms with E-state index in [-0.39, 0.29) is 6.04 Å². The van der Waals surface area contributed by atoms with Crippen molar-refractivity contribution in [2.24, 2.45) is 0 Å². The maximum atomic E-state index is 10.7. The summed E-state index contributed by atoms with van der Waals surface area (Å²) in [7, 11) is 0. The Balaban J connectivity index is 1.70. The quantitative estimate of drug-likeness (QED) is 0.696. The van der Waals surface area contributed by atoms with Crippen LogP contribution in [-0.4, -0.2) is 11.7 Å². The van der Waals surface area contributed by atoms with Crippen LogP contribution in [0.5, 0.6) is 0 Å². The predicted octanol–water partition coefficient (Wildman–Crippen LogP) is 3.89. The standard InChI is InChI=1S/C20H21NO2/c22-20(18-12-14-23-15-18)19(17-9-5-2-6-10-17)21-13-11-16-7-3-1-4-8-16/h1-10,12,14-15,19-22H,11,13H2. The van der Waals surface area contributed by atoms with Gasteiger partial charge in [-0.2, -0.15) is 0 Å². The highest BCUT2D eigenvalue weighted by molar-refractivity contribution is 5.24. The fourth-order valence-electron chi connectivity index (χ4n) is 2.72. The Labute approximate surface area is 136 Å². The highest BCUT2D eigenvalue weighted by Crippen LogP contribution is 2.28. The van der Waals surface area contributed by atoms with E-state index in [4.69, 9.17) is 4.42 Å². The van der Waals surface area contributed by atoms with E-state index in [1.165, 1.54) is 5.56 Å². The van der Waals surface area contributed by atoms with Crippen LogP contribution < -0.4 is 5.32 Å². The zero-order valence-electron chi connectivity index (χ0n) is 12.9. The van der Waals surface area contributed by atoms with Crippen molar-refractivity contribution in [1.82, 2.24) is 5.32 Å². The molecule has 3 nitrogen and oxygen atoms in total.